The van der Waals surface area contributed by atoms with Gasteiger partial charge in [-0.05, 0) is 25.0 Å². The molecule has 1 fully saturated rings. The molecule has 1 atom stereocenters. The van der Waals surface area contributed by atoms with E-state index in [-0.39, 0.29) is 6.03 Å². The number of likely N-dealkylation sites (tertiary alicyclic amines) is 1. The van der Waals surface area contributed by atoms with Crippen molar-refractivity contribution in [3.8, 4) is 5.75 Å². The predicted octanol–water partition coefficient (Wildman–Crippen LogP) is 2.57. The van der Waals surface area contributed by atoms with Crippen LogP contribution >= 0.6 is 0 Å². The van der Waals surface area contributed by atoms with Crippen molar-refractivity contribution in [1.82, 2.24) is 19.8 Å². The SMILES string of the molecule is Cn1cncc1CNC(=O)N1CCCC2(C=Cc3ccccc3O2)C1. The minimum absolute atomic E-state index is 0.0591. The molecule has 6 heteroatoms. The zero-order chi connectivity index (χ0) is 17.3. The number of amides is 2. The lowest BCUT2D eigenvalue weighted by molar-refractivity contribution is 0.0414. The maximum Gasteiger partial charge on any atom is 0.317 e. The molecule has 4 rings (SSSR count). The summed E-state index contributed by atoms with van der Waals surface area (Å²) in [6, 6.07) is 7.95. The fourth-order valence-corrected chi connectivity index (χ4v) is 3.48. The van der Waals surface area contributed by atoms with Gasteiger partial charge >= 0.3 is 6.03 Å². The third kappa shape index (κ3) is 3.12. The summed E-state index contributed by atoms with van der Waals surface area (Å²) >= 11 is 0. The van der Waals surface area contributed by atoms with Crippen LogP contribution in [0.3, 0.4) is 0 Å². The molecule has 0 bridgehead atoms. The van der Waals surface area contributed by atoms with E-state index in [1.807, 2.05) is 40.8 Å². The summed E-state index contributed by atoms with van der Waals surface area (Å²) in [7, 11) is 1.92. The number of aromatic nitrogens is 2. The van der Waals surface area contributed by atoms with Gasteiger partial charge in [0.2, 0.25) is 0 Å². The minimum Gasteiger partial charge on any atom is -0.481 e. The third-order valence-corrected chi connectivity index (χ3v) is 4.91. The average molecular weight is 338 g/mol. The van der Waals surface area contributed by atoms with Crippen molar-refractivity contribution in [3.05, 3.63) is 54.1 Å². The first kappa shape index (κ1) is 15.7. The molecule has 2 aliphatic rings. The molecular formula is C19H22N4O2. The van der Waals surface area contributed by atoms with Crippen LogP contribution in [0.1, 0.15) is 24.1 Å². The summed E-state index contributed by atoms with van der Waals surface area (Å²) in [5.41, 5.74) is 1.64. The largest absolute Gasteiger partial charge is 0.481 e. The number of para-hydroxylation sites is 1. The van der Waals surface area contributed by atoms with Gasteiger partial charge in [-0.3, -0.25) is 0 Å². The Morgan fingerprint density at radius 1 is 1.40 bits per heavy atom. The Morgan fingerprint density at radius 2 is 2.28 bits per heavy atom. The van der Waals surface area contributed by atoms with Gasteiger partial charge in [0.15, 0.2) is 0 Å². The first-order valence-electron chi connectivity index (χ1n) is 8.60. The van der Waals surface area contributed by atoms with Crippen molar-refractivity contribution in [2.75, 3.05) is 13.1 Å². The number of nitrogens with zero attached hydrogens (tertiary/aromatic N) is 3. The van der Waals surface area contributed by atoms with E-state index < -0.39 is 5.60 Å². The van der Waals surface area contributed by atoms with Crippen LogP contribution in [0.4, 0.5) is 4.79 Å². The molecule has 0 aliphatic carbocycles. The van der Waals surface area contributed by atoms with Gasteiger partial charge in [-0.2, -0.15) is 0 Å². The van der Waals surface area contributed by atoms with E-state index in [9.17, 15) is 4.79 Å². The molecule has 1 saturated heterocycles. The number of imidazole rings is 1. The van der Waals surface area contributed by atoms with Gasteiger partial charge < -0.3 is 19.5 Å². The van der Waals surface area contributed by atoms with Crippen LogP contribution in [0, 0.1) is 0 Å². The normalized spacial score (nSPS) is 21.7. The standard InChI is InChI=1S/C19H22N4O2/c1-22-14-20-11-16(22)12-21-18(24)23-10-4-8-19(13-23)9-7-15-5-2-3-6-17(15)25-19/h2-3,5-7,9,11,14H,4,8,10,12-13H2,1H3,(H,21,24). The second-order valence-corrected chi connectivity index (χ2v) is 6.72. The summed E-state index contributed by atoms with van der Waals surface area (Å²) < 4.78 is 8.19. The third-order valence-electron chi connectivity index (χ3n) is 4.91. The van der Waals surface area contributed by atoms with Crippen LogP contribution in [0.25, 0.3) is 6.08 Å². The maximum atomic E-state index is 12.6. The van der Waals surface area contributed by atoms with Crippen molar-refractivity contribution in [2.24, 2.45) is 7.05 Å². The molecular weight excluding hydrogens is 316 g/mol. The van der Waals surface area contributed by atoms with Gasteiger partial charge in [0.05, 0.1) is 25.1 Å². The van der Waals surface area contributed by atoms with Crippen LogP contribution in [0.5, 0.6) is 5.75 Å². The first-order chi connectivity index (χ1) is 12.2. The summed E-state index contributed by atoms with van der Waals surface area (Å²) in [6.45, 7) is 1.78. The number of carbonyl (C=O) groups excluding carboxylic acids is 1. The van der Waals surface area contributed by atoms with E-state index in [1.165, 1.54) is 0 Å². The number of hydrogen-bond acceptors (Lipinski definition) is 3. The summed E-state index contributed by atoms with van der Waals surface area (Å²) in [4.78, 5) is 18.5. The van der Waals surface area contributed by atoms with Gasteiger partial charge in [0, 0.05) is 25.4 Å². The molecule has 1 spiro atoms. The lowest BCUT2D eigenvalue weighted by atomic mass is 9.89. The van der Waals surface area contributed by atoms with E-state index in [2.05, 4.69) is 22.5 Å². The molecule has 2 amide bonds. The Hall–Kier alpha value is -2.76. The van der Waals surface area contributed by atoms with Gasteiger partial charge in [0.25, 0.3) is 0 Å². The number of aryl methyl sites for hydroxylation is 1. The van der Waals surface area contributed by atoms with E-state index in [4.69, 9.17) is 4.74 Å². The molecule has 3 heterocycles. The van der Waals surface area contributed by atoms with E-state index in [0.717, 1.165) is 36.4 Å². The quantitative estimate of drug-likeness (QED) is 0.915. The molecule has 0 radical (unpaired) electrons. The maximum absolute atomic E-state index is 12.6. The smallest absolute Gasteiger partial charge is 0.317 e. The van der Waals surface area contributed by atoms with Crippen LogP contribution in [0.2, 0.25) is 0 Å². The van der Waals surface area contributed by atoms with Crippen molar-refractivity contribution in [3.63, 3.8) is 0 Å². The van der Waals surface area contributed by atoms with E-state index in [0.29, 0.717) is 13.1 Å². The number of nitrogens with one attached hydrogen (secondary N) is 1. The minimum atomic E-state index is -0.420. The van der Waals surface area contributed by atoms with Crippen molar-refractivity contribution >= 4 is 12.1 Å². The molecule has 2 aromatic rings. The fraction of sp³-hybridized carbons (Fsp3) is 0.368. The molecule has 2 aliphatic heterocycles. The summed E-state index contributed by atoms with van der Waals surface area (Å²) in [6.07, 6.45) is 9.55. The Balaban J connectivity index is 1.43. The molecule has 25 heavy (non-hydrogen) atoms. The van der Waals surface area contributed by atoms with Gasteiger partial charge in [0.1, 0.15) is 11.4 Å². The van der Waals surface area contributed by atoms with Crippen molar-refractivity contribution in [2.45, 2.75) is 25.0 Å². The highest BCUT2D eigenvalue weighted by molar-refractivity contribution is 5.74. The van der Waals surface area contributed by atoms with E-state index >= 15 is 0 Å². The highest BCUT2D eigenvalue weighted by Crippen LogP contribution is 2.35. The molecule has 6 nitrogen and oxygen atoms in total. The molecule has 0 saturated carbocycles. The average Bonchev–Trinajstić information content (AvgIpc) is 3.04. The summed E-state index contributed by atoms with van der Waals surface area (Å²) in [5, 5.41) is 2.98. The highest BCUT2D eigenvalue weighted by atomic mass is 16.5. The molecule has 1 aromatic carbocycles. The first-order valence-corrected chi connectivity index (χ1v) is 8.60. The second kappa shape index (κ2) is 6.27. The Labute approximate surface area is 147 Å². The monoisotopic (exact) mass is 338 g/mol. The Bertz CT molecular complexity index is 813. The second-order valence-electron chi connectivity index (χ2n) is 6.72. The number of hydrogen-bond donors (Lipinski definition) is 1. The fourth-order valence-electron chi connectivity index (χ4n) is 3.48. The zero-order valence-electron chi connectivity index (χ0n) is 14.3. The number of piperidine rings is 1. The number of rotatable bonds is 2. The lowest BCUT2D eigenvalue weighted by Gasteiger charge is -2.42. The molecule has 130 valence electrons. The predicted molar refractivity (Wildman–Crippen MR) is 95.1 cm³/mol. The number of benzene rings is 1. The van der Waals surface area contributed by atoms with Gasteiger partial charge in [-0.1, -0.05) is 24.3 Å². The van der Waals surface area contributed by atoms with Crippen LogP contribution in [-0.2, 0) is 13.6 Å². The number of fused-ring (bicyclic) bond motifs is 1. The summed E-state index contributed by atoms with van der Waals surface area (Å²) in [5.74, 6) is 0.891. The lowest BCUT2D eigenvalue weighted by Crippen LogP contribution is -2.55. The number of ether oxygens (including phenoxy) is 1. The van der Waals surface area contributed by atoms with Gasteiger partial charge in [-0.25, -0.2) is 9.78 Å². The van der Waals surface area contributed by atoms with Crippen molar-refractivity contribution < 1.29 is 9.53 Å². The van der Waals surface area contributed by atoms with Crippen molar-refractivity contribution in [1.29, 1.82) is 0 Å². The molecule has 1 unspecified atom stereocenters. The number of urea groups is 1. The molecule has 1 N–H and O–H groups in total. The Kier molecular flexibility index (Phi) is 3.95. The van der Waals surface area contributed by atoms with Crippen LogP contribution in [-0.4, -0.2) is 39.2 Å². The van der Waals surface area contributed by atoms with Crippen LogP contribution < -0.4 is 10.1 Å². The topological polar surface area (TPSA) is 59.4 Å². The number of carbonyl (C=O) groups is 1. The van der Waals surface area contributed by atoms with Crippen LogP contribution in [0.15, 0.2) is 42.9 Å². The van der Waals surface area contributed by atoms with E-state index in [1.54, 1.807) is 12.5 Å². The zero-order valence-corrected chi connectivity index (χ0v) is 14.3. The highest BCUT2D eigenvalue weighted by Gasteiger charge is 2.39. The Morgan fingerprint density at radius 3 is 3.12 bits per heavy atom. The van der Waals surface area contributed by atoms with Gasteiger partial charge in [-0.15, -0.1) is 0 Å². The molecule has 1 aromatic heterocycles.